The minimum absolute atomic E-state index is 0.00819. The van der Waals surface area contributed by atoms with Crippen molar-refractivity contribution in [3.05, 3.63) is 89.0 Å². The van der Waals surface area contributed by atoms with Crippen LogP contribution in [-0.2, 0) is 0 Å². The molecule has 1 heterocycles. The van der Waals surface area contributed by atoms with Gasteiger partial charge in [-0.25, -0.2) is 5.01 Å². The van der Waals surface area contributed by atoms with Crippen molar-refractivity contribution in [3.8, 4) is 0 Å². The fourth-order valence-electron chi connectivity index (χ4n) is 3.71. The Kier molecular flexibility index (Phi) is 6.09. The van der Waals surface area contributed by atoms with E-state index in [1.807, 2.05) is 80.6 Å². The molecule has 6 heteroatoms. The van der Waals surface area contributed by atoms with E-state index < -0.39 is 0 Å². The zero-order valence-electron chi connectivity index (χ0n) is 17.7. The van der Waals surface area contributed by atoms with Crippen molar-refractivity contribution >= 4 is 22.8 Å². The highest BCUT2D eigenvalue weighted by Gasteiger charge is 2.22. The van der Waals surface area contributed by atoms with Gasteiger partial charge in [-0.1, -0.05) is 29.5 Å². The quantitative estimate of drug-likeness (QED) is 0.520. The monoisotopic (exact) mass is 414 g/mol. The van der Waals surface area contributed by atoms with Crippen molar-refractivity contribution < 1.29 is 9.90 Å². The molecule has 1 unspecified atom stereocenters. The lowest BCUT2D eigenvalue weighted by molar-refractivity contribution is 0.103. The van der Waals surface area contributed by atoms with Crippen LogP contribution >= 0.6 is 0 Å². The highest BCUT2D eigenvalue weighted by Crippen LogP contribution is 2.27. The van der Waals surface area contributed by atoms with Gasteiger partial charge in [0.25, 0.3) is 0 Å². The van der Waals surface area contributed by atoms with E-state index >= 15 is 0 Å². The van der Waals surface area contributed by atoms with Crippen molar-refractivity contribution in [1.29, 1.82) is 0 Å². The standard InChI is InChI=1S/C25H26N4O2/c1-17-8-10-22(29-16-21(12-13-30)27-28-29)15-24(17)25(31)23-11-9-20(14-18(23)2)26-19-6-4-3-5-7-19/h3-11,14-15,21,26,30H,12-13,16H2,1-2H3. The van der Waals surface area contributed by atoms with Gasteiger partial charge in [-0.15, -0.1) is 0 Å². The van der Waals surface area contributed by atoms with E-state index in [-0.39, 0.29) is 18.4 Å². The molecule has 158 valence electrons. The number of aryl methyl sites for hydroxylation is 2. The Morgan fingerprint density at radius 3 is 2.55 bits per heavy atom. The fraction of sp³-hybridized carbons (Fsp3) is 0.240. The van der Waals surface area contributed by atoms with Crippen LogP contribution in [0.4, 0.5) is 17.1 Å². The number of anilines is 3. The van der Waals surface area contributed by atoms with Gasteiger partial charge in [0.1, 0.15) is 0 Å². The van der Waals surface area contributed by atoms with Crippen LogP contribution in [0, 0.1) is 13.8 Å². The van der Waals surface area contributed by atoms with Gasteiger partial charge in [-0.05, 0) is 73.9 Å². The highest BCUT2D eigenvalue weighted by atomic mass is 16.3. The van der Waals surface area contributed by atoms with Crippen molar-refractivity contribution in [2.24, 2.45) is 10.3 Å². The Hall–Kier alpha value is -3.51. The minimum atomic E-state index is -0.0163. The second kappa shape index (κ2) is 9.10. The average molecular weight is 415 g/mol. The lowest BCUT2D eigenvalue weighted by Crippen LogP contribution is -2.21. The second-order valence-electron chi connectivity index (χ2n) is 7.80. The maximum absolute atomic E-state index is 13.4. The lowest BCUT2D eigenvalue weighted by Gasteiger charge is -2.16. The van der Waals surface area contributed by atoms with Crippen molar-refractivity contribution in [2.45, 2.75) is 26.3 Å². The maximum atomic E-state index is 13.4. The van der Waals surface area contributed by atoms with Gasteiger partial charge in [0.15, 0.2) is 5.78 Å². The topological polar surface area (TPSA) is 77.3 Å². The van der Waals surface area contributed by atoms with Gasteiger partial charge in [-0.2, -0.15) is 5.11 Å². The third kappa shape index (κ3) is 4.64. The number of para-hydroxylation sites is 1. The number of nitrogens with one attached hydrogen (secondary N) is 1. The van der Waals surface area contributed by atoms with Gasteiger partial charge in [-0.3, -0.25) is 4.79 Å². The zero-order valence-corrected chi connectivity index (χ0v) is 17.7. The molecule has 1 atom stereocenters. The van der Waals surface area contributed by atoms with Crippen LogP contribution < -0.4 is 10.3 Å². The molecule has 0 radical (unpaired) electrons. The third-order valence-electron chi connectivity index (χ3n) is 5.47. The predicted octanol–water partition coefficient (Wildman–Crippen LogP) is 5.22. The van der Waals surface area contributed by atoms with Gasteiger partial charge < -0.3 is 10.4 Å². The largest absolute Gasteiger partial charge is 0.396 e. The highest BCUT2D eigenvalue weighted by molar-refractivity contribution is 6.11. The molecule has 0 saturated carbocycles. The zero-order chi connectivity index (χ0) is 21.8. The summed E-state index contributed by atoms with van der Waals surface area (Å²) in [6.07, 6.45) is 0.584. The van der Waals surface area contributed by atoms with E-state index in [9.17, 15) is 4.79 Å². The van der Waals surface area contributed by atoms with Crippen molar-refractivity contribution in [3.63, 3.8) is 0 Å². The number of hydrogen-bond donors (Lipinski definition) is 2. The normalized spacial score (nSPS) is 15.3. The predicted molar refractivity (Wildman–Crippen MR) is 123 cm³/mol. The number of rotatable bonds is 7. The Labute approximate surface area is 182 Å². The maximum Gasteiger partial charge on any atom is 0.193 e. The first-order valence-corrected chi connectivity index (χ1v) is 10.4. The van der Waals surface area contributed by atoms with E-state index in [4.69, 9.17) is 5.11 Å². The molecule has 0 aromatic heterocycles. The number of ketones is 1. The molecule has 0 bridgehead atoms. The SMILES string of the molecule is Cc1cc(Nc2ccccc2)ccc1C(=O)c1cc(N2CC(CCO)N=N2)ccc1C. The number of hydrogen-bond acceptors (Lipinski definition) is 6. The molecule has 6 nitrogen and oxygen atoms in total. The summed E-state index contributed by atoms with van der Waals surface area (Å²) in [5, 5.41) is 22.7. The van der Waals surface area contributed by atoms with E-state index in [0.29, 0.717) is 24.1 Å². The van der Waals surface area contributed by atoms with Crippen molar-refractivity contribution in [1.82, 2.24) is 0 Å². The molecule has 1 aliphatic heterocycles. The molecule has 4 rings (SSSR count). The molecule has 2 N–H and O–H groups in total. The van der Waals surface area contributed by atoms with E-state index in [2.05, 4.69) is 15.7 Å². The van der Waals surface area contributed by atoms with E-state index in [1.54, 1.807) is 5.01 Å². The first-order chi connectivity index (χ1) is 15.0. The Bertz CT molecular complexity index is 1110. The van der Waals surface area contributed by atoms with Crippen LogP contribution in [0.1, 0.15) is 33.5 Å². The summed E-state index contributed by atoms with van der Waals surface area (Å²) >= 11 is 0. The molecule has 0 saturated heterocycles. The molecule has 0 spiro atoms. The number of carbonyl (C=O) groups excluding carboxylic acids is 1. The van der Waals surface area contributed by atoms with Gasteiger partial charge in [0, 0.05) is 29.1 Å². The molecular weight excluding hydrogens is 388 g/mol. The summed E-state index contributed by atoms with van der Waals surface area (Å²) in [5.74, 6) is -0.00819. The van der Waals surface area contributed by atoms with E-state index in [0.717, 1.165) is 28.2 Å². The van der Waals surface area contributed by atoms with Crippen LogP contribution in [-0.4, -0.2) is 30.1 Å². The van der Waals surface area contributed by atoms with Crippen LogP contribution in [0.25, 0.3) is 0 Å². The summed E-state index contributed by atoms with van der Waals surface area (Å²) in [7, 11) is 0. The Morgan fingerprint density at radius 2 is 1.81 bits per heavy atom. The fourth-order valence-corrected chi connectivity index (χ4v) is 3.71. The van der Waals surface area contributed by atoms with Gasteiger partial charge >= 0.3 is 0 Å². The number of aliphatic hydroxyl groups excluding tert-OH is 1. The molecule has 0 aliphatic carbocycles. The van der Waals surface area contributed by atoms with Crippen LogP contribution in [0.5, 0.6) is 0 Å². The molecule has 0 amide bonds. The number of carbonyl (C=O) groups is 1. The minimum Gasteiger partial charge on any atom is -0.396 e. The summed E-state index contributed by atoms with van der Waals surface area (Å²) in [5.41, 5.74) is 5.95. The summed E-state index contributed by atoms with van der Waals surface area (Å²) in [6, 6.07) is 21.5. The Morgan fingerprint density at radius 1 is 1.00 bits per heavy atom. The molecular formula is C25H26N4O2. The first kappa shape index (κ1) is 20.8. The summed E-state index contributed by atoms with van der Waals surface area (Å²) in [6.45, 7) is 4.59. The summed E-state index contributed by atoms with van der Waals surface area (Å²) < 4.78 is 0. The van der Waals surface area contributed by atoms with Crippen LogP contribution in [0.2, 0.25) is 0 Å². The molecule has 3 aromatic rings. The first-order valence-electron chi connectivity index (χ1n) is 10.4. The number of nitrogens with zero attached hydrogens (tertiary/aromatic N) is 3. The molecule has 0 fully saturated rings. The van der Waals surface area contributed by atoms with Gasteiger partial charge in [0.05, 0.1) is 18.3 Å². The number of benzene rings is 3. The van der Waals surface area contributed by atoms with E-state index in [1.165, 1.54) is 0 Å². The Balaban J connectivity index is 1.56. The smallest absolute Gasteiger partial charge is 0.193 e. The summed E-state index contributed by atoms with van der Waals surface area (Å²) in [4.78, 5) is 13.4. The lowest BCUT2D eigenvalue weighted by atomic mass is 9.95. The van der Waals surface area contributed by atoms with Gasteiger partial charge in [0.2, 0.25) is 0 Å². The van der Waals surface area contributed by atoms with Crippen molar-refractivity contribution in [2.75, 3.05) is 23.5 Å². The molecule has 1 aliphatic rings. The second-order valence-corrected chi connectivity index (χ2v) is 7.80. The third-order valence-corrected chi connectivity index (χ3v) is 5.47. The van der Waals surface area contributed by atoms with Crippen LogP contribution in [0.3, 0.4) is 0 Å². The average Bonchev–Trinajstić information content (AvgIpc) is 3.23. The molecule has 3 aromatic carbocycles. The number of aliphatic hydroxyl groups is 1. The molecule has 31 heavy (non-hydrogen) atoms. The van der Waals surface area contributed by atoms with Crippen LogP contribution in [0.15, 0.2) is 77.1 Å².